The van der Waals surface area contributed by atoms with E-state index in [2.05, 4.69) is 5.32 Å². The zero-order chi connectivity index (χ0) is 15.9. The minimum Gasteiger partial charge on any atom is -0.488 e. The number of aliphatic hydroxyl groups is 1. The van der Waals surface area contributed by atoms with Gasteiger partial charge >= 0.3 is 0 Å². The minimum absolute atomic E-state index is 0.151. The summed E-state index contributed by atoms with van der Waals surface area (Å²) >= 11 is 6.01. The maximum Gasteiger partial charge on any atom is 0.129 e. The van der Waals surface area contributed by atoms with Gasteiger partial charge in [0.25, 0.3) is 0 Å². The van der Waals surface area contributed by atoms with Crippen LogP contribution in [0.15, 0.2) is 42.5 Å². The topological polar surface area (TPSA) is 41.5 Å². The number of halogens is 2. The van der Waals surface area contributed by atoms with Gasteiger partial charge in [0.1, 0.15) is 18.2 Å². The van der Waals surface area contributed by atoms with Crippen LogP contribution in [0.5, 0.6) is 5.75 Å². The fourth-order valence-corrected chi connectivity index (χ4v) is 2.21. The first-order valence-electron chi connectivity index (χ1n) is 7.09. The zero-order valence-electron chi connectivity index (χ0n) is 12.4. The Kier molecular flexibility index (Phi) is 6.19. The van der Waals surface area contributed by atoms with Crippen molar-refractivity contribution in [2.45, 2.75) is 26.2 Å². The second kappa shape index (κ2) is 8.13. The summed E-state index contributed by atoms with van der Waals surface area (Å²) in [7, 11) is 0. The predicted octanol–water partition coefficient (Wildman–Crippen LogP) is 3.53. The van der Waals surface area contributed by atoms with Crippen molar-refractivity contribution in [2.24, 2.45) is 0 Å². The number of ether oxygens (including phenoxy) is 1. The van der Waals surface area contributed by atoms with Crippen LogP contribution in [0.2, 0.25) is 5.02 Å². The quantitative estimate of drug-likeness (QED) is 0.819. The standard InChI is InChI=1S/C17H19ClFNO2/c1-12(21)9-20-10-14-8-15(18)6-7-17(14)22-11-13-4-2-3-5-16(13)19/h2-8,12,20-21H,9-11H2,1H3. The van der Waals surface area contributed by atoms with Crippen LogP contribution >= 0.6 is 11.6 Å². The molecule has 2 rings (SSSR count). The fraction of sp³-hybridized carbons (Fsp3) is 0.294. The Bertz CT molecular complexity index is 619. The molecule has 3 nitrogen and oxygen atoms in total. The fourth-order valence-electron chi connectivity index (χ4n) is 2.01. The molecular formula is C17H19ClFNO2. The van der Waals surface area contributed by atoms with E-state index in [1.165, 1.54) is 6.07 Å². The summed E-state index contributed by atoms with van der Waals surface area (Å²) in [4.78, 5) is 0. The lowest BCUT2D eigenvalue weighted by molar-refractivity contribution is 0.190. The molecular weight excluding hydrogens is 305 g/mol. The summed E-state index contributed by atoms with van der Waals surface area (Å²) in [5.41, 5.74) is 1.37. The van der Waals surface area contributed by atoms with Crippen molar-refractivity contribution >= 4 is 11.6 Å². The van der Waals surface area contributed by atoms with E-state index >= 15 is 0 Å². The van der Waals surface area contributed by atoms with Crippen LogP contribution in [0.25, 0.3) is 0 Å². The number of nitrogens with one attached hydrogen (secondary N) is 1. The third kappa shape index (κ3) is 4.98. The van der Waals surface area contributed by atoms with Gasteiger partial charge in [-0.1, -0.05) is 29.8 Å². The third-order valence-electron chi connectivity index (χ3n) is 3.12. The van der Waals surface area contributed by atoms with E-state index in [-0.39, 0.29) is 12.4 Å². The van der Waals surface area contributed by atoms with Gasteiger partial charge in [0.2, 0.25) is 0 Å². The van der Waals surface area contributed by atoms with Gasteiger partial charge in [0.05, 0.1) is 6.10 Å². The summed E-state index contributed by atoms with van der Waals surface area (Å²) in [6.07, 6.45) is -0.429. The van der Waals surface area contributed by atoms with E-state index in [4.69, 9.17) is 16.3 Å². The Labute approximate surface area is 134 Å². The molecule has 0 saturated heterocycles. The highest BCUT2D eigenvalue weighted by Gasteiger charge is 2.07. The minimum atomic E-state index is -0.429. The van der Waals surface area contributed by atoms with Crippen molar-refractivity contribution < 1.29 is 14.2 Å². The molecule has 0 saturated carbocycles. The maximum atomic E-state index is 13.6. The number of rotatable bonds is 7. The van der Waals surface area contributed by atoms with E-state index in [1.54, 1.807) is 43.3 Å². The molecule has 0 aromatic heterocycles. The summed E-state index contributed by atoms with van der Waals surface area (Å²) < 4.78 is 19.3. The molecule has 0 aliphatic rings. The van der Waals surface area contributed by atoms with E-state index < -0.39 is 6.10 Å². The van der Waals surface area contributed by atoms with Crippen molar-refractivity contribution in [1.29, 1.82) is 0 Å². The van der Waals surface area contributed by atoms with E-state index in [0.29, 0.717) is 29.4 Å². The van der Waals surface area contributed by atoms with Gasteiger partial charge in [-0.25, -0.2) is 4.39 Å². The molecule has 0 spiro atoms. The van der Waals surface area contributed by atoms with Crippen LogP contribution < -0.4 is 10.1 Å². The first kappa shape index (κ1) is 16.7. The largest absolute Gasteiger partial charge is 0.488 e. The Morgan fingerprint density at radius 2 is 2.00 bits per heavy atom. The van der Waals surface area contributed by atoms with E-state index in [1.807, 2.05) is 0 Å². The van der Waals surface area contributed by atoms with Crippen molar-refractivity contribution in [3.05, 3.63) is 64.4 Å². The Balaban J connectivity index is 2.05. The molecule has 0 aliphatic heterocycles. The summed E-state index contributed by atoms with van der Waals surface area (Å²) in [5, 5.41) is 13.0. The predicted molar refractivity (Wildman–Crippen MR) is 85.6 cm³/mol. The SMILES string of the molecule is CC(O)CNCc1cc(Cl)ccc1OCc1ccccc1F. The number of hydrogen-bond acceptors (Lipinski definition) is 3. The summed E-state index contributed by atoms with van der Waals surface area (Å²) in [5.74, 6) is 0.357. The molecule has 22 heavy (non-hydrogen) atoms. The van der Waals surface area contributed by atoms with Gasteiger partial charge in [0.15, 0.2) is 0 Å². The summed E-state index contributed by atoms with van der Waals surface area (Å²) in [6.45, 7) is 2.84. The second-order valence-corrected chi connectivity index (χ2v) is 5.55. The van der Waals surface area contributed by atoms with Gasteiger partial charge in [-0.15, -0.1) is 0 Å². The third-order valence-corrected chi connectivity index (χ3v) is 3.35. The maximum absolute atomic E-state index is 13.6. The highest BCUT2D eigenvalue weighted by molar-refractivity contribution is 6.30. The van der Waals surface area contributed by atoms with Crippen LogP contribution in [0.4, 0.5) is 4.39 Å². The van der Waals surface area contributed by atoms with Gasteiger partial charge in [-0.3, -0.25) is 0 Å². The molecule has 0 amide bonds. The lowest BCUT2D eigenvalue weighted by atomic mass is 10.2. The average Bonchev–Trinajstić information content (AvgIpc) is 2.47. The molecule has 0 heterocycles. The van der Waals surface area contributed by atoms with Crippen molar-refractivity contribution in [2.75, 3.05) is 6.54 Å². The van der Waals surface area contributed by atoms with Crippen LogP contribution in [-0.2, 0) is 13.2 Å². The Morgan fingerprint density at radius 3 is 2.73 bits per heavy atom. The van der Waals surface area contributed by atoms with Crippen LogP contribution in [-0.4, -0.2) is 17.8 Å². The van der Waals surface area contributed by atoms with Crippen molar-refractivity contribution in [3.63, 3.8) is 0 Å². The van der Waals surface area contributed by atoms with Gasteiger partial charge < -0.3 is 15.2 Å². The highest BCUT2D eigenvalue weighted by Crippen LogP contribution is 2.24. The highest BCUT2D eigenvalue weighted by atomic mass is 35.5. The molecule has 2 aromatic carbocycles. The Hall–Kier alpha value is -1.62. The normalized spacial score (nSPS) is 12.2. The second-order valence-electron chi connectivity index (χ2n) is 5.11. The zero-order valence-corrected chi connectivity index (χ0v) is 13.1. The Morgan fingerprint density at radius 1 is 1.23 bits per heavy atom. The monoisotopic (exact) mass is 323 g/mol. The molecule has 5 heteroatoms. The number of benzene rings is 2. The van der Waals surface area contributed by atoms with E-state index in [0.717, 1.165) is 5.56 Å². The first-order chi connectivity index (χ1) is 10.6. The van der Waals surface area contributed by atoms with Gasteiger partial charge in [-0.05, 0) is 31.2 Å². The van der Waals surface area contributed by atoms with Crippen LogP contribution in [0, 0.1) is 5.82 Å². The lowest BCUT2D eigenvalue weighted by Crippen LogP contribution is -2.24. The average molecular weight is 324 g/mol. The van der Waals surface area contributed by atoms with Crippen LogP contribution in [0.3, 0.4) is 0 Å². The van der Waals surface area contributed by atoms with Crippen LogP contribution in [0.1, 0.15) is 18.1 Å². The molecule has 2 aromatic rings. The molecule has 1 atom stereocenters. The lowest BCUT2D eigenvalue weighted by Gasteiger charge is -2.14. The molecule has 0 bridgehead atoms. The molecule has 118 valence electrons. The van der Waals surface area contributed by atoms with E-state index in [9.17, 15) is 9.50 Å². The molecule has 0 radical (unpaired) electrons. The van der Waals surface area contributed by atoms with Crippen molar-refractivity contribution in [1.82, 2.24) is 5.32 Å². The van der Waals surface area contributed by atoms with Gasteiger partial charge in [-0.2, -0.15) is 0 Å². The van der Waals surface area contributed by atoms with Gasteiger partial charge in [0, 0.05) is 29.2 Å². The molecule has 0 aliphatic carbocycles. The number of hydrogen-bond donors (Lipinski definition) is 2. The molecule has 1 unspecified atom stereocenters. The molecule has 0 fully saturated rings. The smallest absolute Gasteiger partial charge is 0.129 e. The van der Waals surface area contributed by atoms with Crippen molar-refractivity contribution in [3.8, 4) is 5.75 Å². The first-order valence-corrected chi connectivity index (χ1v) is 7.47. The summed E-state index contributed by atoms with van der Waals surface area (Å²) in [6, 6.07) is 11.8. The molecule has 2 N–H and O–H groups in total. The number of aliphatic hydroxyl groups excluding tert-OH is 1.